The minimum absolute atomic E-state index is 0.0549. The summed E-state index contributed by atoms with van der Waals surface area (Å²) in [5, 5.41) is 5.22. The maximum Gasteiger partial charge on any atom is 0.283 e. The van der Waals surface area contributed by atoms with E-state index in [1.165, 1.54) is 16.3 Å². The van der Waals surface area contributed by atoms with Crippen LogP contribution in [-0.4, -0.2) is 26.2 Å². The first kappa shape index (κ1) is 22.5. The zero-order chi connectivity index (χ0) is 23.8. The number of anilines is 1. The third-order valence-corrected chi connectivity index (χ3v) is 6.96. The van der Waals surface area contributed by atoms with Crippen LogP contribution in [0.25, 0.3) is 27.6 Å². The van der Waals surface area contributed by atoms with E-state index < -0.39 is 0 Å². The molecule has 0 aliphatic heterocycles. The summed E-state index contributed by atoms with van der Waals surface area (Å²) < 4.78 is 1.49. The lowest BCUT2D eigenvalue weighted by molar-refractivity contribution is -0.113. The zero-order valence-electron chi connectivity index (χ0n) is 17.9. The molecule has 170 valence electrons. The molecule has 6 nitrogen and oxygen atoms in total. The summed E-state index contributed by atoms with van der Waals surface area (Å²) in [6.07, 6.45) is 0. The Morgan fingerprint density at radius 3 is 2.62 bits per heavy atom. The molecule has 3 aromatic carbocycles. The Morgan fingerprint density at radius 1 is 1.09 bits per heavy atom. The van der Waals surface area contributed by atoms with Gasteiger partial charge in [0.05, 0.1) is 11.4 Å². The third-order valence-electron chi connectivity index (χ3n) is 5.37. The molecule has 0 saturated heterocycles. The van der Waals surface area contributed by atoms with E-state index in [1.54, 1.807) is 36.4 Å². The van der Waals surface area contributed by atoms with E-state index in [1.807, 2.05) is 37.3 Å². The fourth-order valence-corrected chi connectivity index (χ4v) is 4.77. The molecule has 0 aliphatic rings. The van der Waals surface area contributed by atoms with E-state index in [-0.39, 0.29) is 17.2 Å². The molecule has 1 amide bonds. The summed E-state index contributed by atoms with van der Waals surface area (Å²) in [5.74, 6) is -0.180. The van der Waals surface area contributed by atoms with Crippen molar-refractivity contribution in [2.75, 3.05) is 11.1 Å². The summed E-state index contributed by atoms with van der Waals surface area (Å²) in [6.45, 7) is 1.90. The standard InChI is InChI=1S/C25H18Cl2N4O2S/c1-14-6-9-16(12-19(14)27)28-21(32)13-34-25-30-22-18-4-2-3-5-20(18)29-23(22)24(33)31(25)17-10-7-15(26)8-11-17/h2-12,29H,13H2,1H3,(H,28,32). The van der Waals surface area contributed by atoms with E-state index in [4.69, 9.17) is 28.2 Å². The maximum absolute atomic E-state index is 13.5. The van der Waals surface area contributed by atoms with E-state index in [9.17, 15) is 9.59 Å². The van der Waals surface area contributed by atoms with Crippen LogP contribution < -0.4 is 10.9 Å². The fourth-order valence-electron chi connectivity index (χ4n) is 3.65. The molecular weight excluding hydrogens is 491 g/mol. The average Bonchev–Trinajstić information content (AvgIpc) is 3.20. The molecule has 0 unspecified atom stereocenters. The van der Waals surface area contributed by atoms with Crippen LogP contribution in [0.1, 0.15) is 5.56 Å². The third kappa shape index (κ3) is 4.30. The molecule has 0 bridgehead atoms. The highest BCUT2D eigenvalue weighted by Crippen LogP contribution is 2.27. The van der Waals surface area contributed by atoms with E-state index >= 15 is 0 Å². The molecule has 5 rings (SSSR count). The number of aryl methyl sites for hydroxylation is 1. The number of fused-ring (bicyclic) bond motifs is 3. The van der Waals surface area contributed by atoms with Crippen molar-refractivity contribution in [2.24, 2.45) is 0 Å². The number of aromatic nitrogens is 3. The quantitative estimate of drug-likeness (QED) is 0.218. The Kier molecular flexibility index (Phi) is 6.08. The molecule has 2 aromatic heterocycles. The van der Waals surface area contributed by atoms with Crippen molar-refractivity contribution >= 4 is 68.5 Å². The number of amides is 1. The molecule has 5 aromatic rings. The number of hydrogen-bond acceptors (Lipinski definition) is 4. The lowest BCUT2D eigenvalue weighted by atomic mass is 10.2. The van der Waals surface area contributed by atoms with Gasteiger partial charge in [-0.1, -0.05) is 59.2 Å². The first-order valence-corrected chi connectivity index (χ1v) is 12.1. The van der Waals surface area contributed by atoms with Crippen LogP contribution >= 0.6 is 35.0 Å². The Labute approximate surface area is 208 Å². The molecule has 0 fully saturated rings. The monoisotopic (exact) mass is 508 g/mol. The van der Waals surface area contributed by atoms with Crippen molar-refractivity contribution in [2.45, 2.75) is 12.1 Å². The molecule has 0 aliphatic carbocycles. The number of hydrogen-bond donors (Lipinski definition) is 2. The fraction of sp³-hybridized carbons (Fsp3) is 0.0800. The Morgan fingerprint density at radius 2 is 1.85 bits per heavy atom. The summed E-state index contributed by atoms with van der Waals surface area (Å²) >= 11 is 13.4. The van der Waals surface area contributed by atoms with Crippen molar-refractivity contribution in [1.82, 2.24) is 14.5 Å². The number of thioether (sulfide) groups is 1. The lowest BCUT2D eigenvalue weighted by Gasteiger charge is -2.12. The predicted molar refractivity (Wildman–Crippen MR) is 140 cm³/mol. The van der Waals surface area contributed by atoms with Gasteiger partial charge in [0.25, 0.3) is 5.56 Å². The van der Waals surface area contributed by atoms with Gasteiger partial charge in [-0.3, -0.25) is 14.2 Å². The number of rotatable bonds is 5. The van der Waals surface area contributed by atoms with Crippen molar-refractivity contribution in [3.63, 3.8) is 0 Å². The number of nitrogens with zero attached hydrogens (tertiary/aromatic N) is 2. The first-order chi connectivity index (χ1) is 16.4. The molecule has 0 saturated carbocycles. The highest BCUT2D eigenvalue weighted by atomic mass is 35.5. The van der Waals surface area contributed by atoms with Crippen molar-refractivity contribution in [3.05, 3.63) is 92.7 Å². The van der Waals surface area contributed by atoms with Crippen LogP contribution in [0.2, 0.25) is 10.0 Å². The highest BCUT2D eigenvalue weighted by molar-refractivity contribution is 7.99. The minimum atomic E-state index is -0.253. The number of benzene rings is 3. The van der Waals surface area contributed by atoms with Crippen LogP contribution in [0.3, 0.4) is 0 Å². The van der Waals surface area contributed by atoms with Crippen molar-refractivity contribution in [1.29, 1.82) is 0 Å². The normalized spacial score (nSPS) is 11.3. The van der Waals surface area contributed by atoms with Gasteiger partial charge >= 0.3 is 0 Å². The molecular formula is C25H18Cl2N4O2S. The number of H-pyrrole nitrogens is 1. The molecule has 9 heteroatoms. The van der Waals surface area contributed by atoms with Gasteiger partial charge in [0.2, 0.25) is 5.91 Å². The highest BCUT2D eigenvalue weighted by Gasteiger charge is 2.18. The van der Waals surface area contributed by atoms with Crippen LogP contribution in [-0.2, 0) is 4.79 Å². The van der Waals surface area contributed by atoms with Crippen LogP contribution in [0.4, 0.5) is 5.69 Å². The predicted octanol–water partition coefficient (Wildman–Crippen LogP) is 6.21. The molecule has 0 atom stereocenters. The first-order valence-electron chi connectivity index (χ1n) is 10.4. The van der Waals surface area contributed by atoms with Gasteiger partial charge < -0.3 is 10.3 Å². The maximum atomic E-state index is 13.5. The summed E-state index contributed by atoms with van der Waals surface area (Å²) in [6, 6.07) is 19.9. The number of halogens is 2. The Balaban J connectivity index is 1.54. The molecule has 34 heavy (non-hydrogen) atoms. The second-order valence-electron chi connectivity index (χ2n) is 7.71. The summed E-state index contributed by atoms with van der Waals surface area (Å²) in [5.41, 5.74) is 3.68. The lowest BCUT2D eigenvalue weighted by Crippen LogP contribution is -2.23. The van der Waals surface area contributed by atoms with Crippen LogP contribution in [0, 0.1) is 6.92 Å². The Bertz CT molecular complexity index is 1610. The number of carbonyl (C=O) groups is 1. The minimum Gasteiger partial charge on any atom is -0.349 e. The van der Waals surface area contributed by atoms with E-state index in [0.717, 1.165) is 16.5 Å². The number of aromatic amines is 1. The Hall–Kier alpha value is -3.26. The number of para-hydroxylation sites is 1. The molecule has 0 radical (unpaired) electrons. The van der Waals surface area contributed by atoms with Crippen molar-refractivity contribution in [3.8, 4) is 5.69 Å². The molecule has 2 N–H and O–H groups in total. The van der Waals surface area contributed by atoms with Gasteiger partial charge in [0, 0.05) is 26.6 Å². The van der Waals surface area contributed by atoms with Gasteiger partial charge in [-0.15, -0.1) is 0 Å². The number of nitrogens with one attached hydrogen (secondary N) is 2. The van der Waals surface area contributed by atoms with Crippen LogP contribution in [0.15, 0.2) is 76.7 Å². The number of carbonyl (C=O) groups excluding carboxylic acids is 1. The van der Waals surface area contributed by atoms with E-state index in [0.29, 0.717) is 37.6 Å². The zero-order valence-corrected chi connectivity index (χ0v) is 20.3. The van der Waals surface area contributed by atoms with Gasteiger partial charge in [0.1, 0.15) is 11.0 Å². The second kappa shape index (κ2) is 9.18. The van der Waals surface area contributed by atoms with Gasteiger partial charge in [0.15, 0.2) is 5.16 Å². The van der Waals surface area contributed by atoms with Gasteiger partial charge in [-0.25, -0.2) is 4.98 Å². The molecule has 0 spiro atoms. The SMILES string of the molecule is Cc1ccc(NC(=O)CSc2nc3c([nH]c4ccccc43)c(=O)n2-c2ccc(Cl)cc2)cc1Cl. The smallest absolute Gasteiger partial charge is 0.283 e. The van der Waals surface area contributed by atoms with Gasteiger partial charge in [-0.05, 0) is 55.0 Å². The average molecular weight is 509 g/mol. The summed E-state index contributed by atoms with van der Waals surface area (Å²) in [7, 11) is 0. The second-order valence-corrected chi connectivity index (χ2v) is 9.49. The van der Waals surface area contributed by atoms with E-state index in [2.05, 4.69) is 10.3 Å². The largest absolute Gasteiger partial charge is 0.349 e. The van der Waals surface area contributed by atoms with Crippen LogP contribution in [0.5, 0.6) is 0 Å². The topological polar surface area (TPSA) is 79.8 Å². The summed E-state index contributed by atoms with van der Waals surface area (Å²) in [4.78, 5) is 34.2. The van der Waals surface area contributed by atoms with Crippen molar-refractivity contribution < 1.29 is 4.79 Å². The molecule has 2 heterocycles. The van der Waals surface area contributed by atoms with Gasteiger partial charge in [-0.2, -0.15) is 0 Å².